The van der Waals surface area contributed by atoms with Crippen molar-refractivity contribution in [1.29, 1.82) is 0 Å². The summed E-state index contributed by atoms with van der Waals surface area (Å²) >= 11 is 0. The van der Waals surface area contributed by atoms with Gasteiger partial charge in [-0.3, -0.25) is 9.69 Å². The lowest BCUT2D eigenvalue weighted by Crippen LogP contribution is -2.43. The van der Waals surface area contributed by atoms with E-state index in [1.54, 1.807) is 6.07 Å². The van der Waals surface area contributed by atoms with Crippen molar-refractivity contribution in [3.8, 4) is 11.5 Å². The number of hydrogen-bond donors (Lipinski definition) is 3. The number of phenols is 2. The molecule has 0 radical (unpaired) electrons. The van der Waals surface area contributed by atoms with Crippen LogP contribution in [0.15, 0.2) is 83.9 Å². The number of nitrogens with two attached hydrogens (primary N) is 1. The van der Waals surface area contributed by atoms with Crippen LogP contribution in [0.25, 0.3) is 0 Å². The molecule has 140 valence electrons. The average molecular weight is 373 g/mol. The van der Waals surface area contributed by atoms with Crippen LogP contribution in [-0.4, -0.2) is 27.0 Å². The molecule has 0 saturated heterocycles. The first-order valence-electron chi connectivity index (χ1n) is 8.81. The maximum absolute atomic E-state index is 13.6. The Bertz CT molecular complexity index is 1010. The molecule has 6 nitrogen and oxygen atoms in total. The summed E-state index contributed by atoms with van der Waals surface area (Å²) in [6.07, 6.45) is 0. The lowest BCUT2D eigenvalue weighted by molar-refractivity contribution is -0.130. The van der Waals surface area contributed by atoms with Gasteiger partial charge in [-0.05, 0) is 23.3 Å². The van der Waals surface area contributed by atoms with Gasteiger partial charge in [-0.1, -0.05) is 60.7 Å². The molecule has 0 unspecified atom stereocenters. The highest BCUT2D eigenvalue weighted by Crippen LogP contribution is 2.40. The molecule has 0 atom stereocenters. The molecular weight excluding hydrogens is 354 g/mol. The van der Waals surface area contributed by atoms with Crippen LogP contribution in [0.5, 0.6) is 11.5 Å². The number of benzene rings is 3. The summed E-state index contributed by atoms with van der Waals surface area (Å²) in [5.41, 5.74) is 6.78. The maximum Gasteiger partial charge on any atom is 0.266 e. The highest BCUT2D eigenvalue weighted by Gasteiger charge is 2.50. The third kappa shape index (κ3) is 2.75. The van der Waals surface area contributed by atoms with Crippen molar-refractivity contribution in [2.24, 2.45) is 10.7 Å². The first-order chi connectivity index (χ1) is 13.5. The van der Waals surface area contributed by atoms with Crippen LogP contribution >= 0.6 is 0 Å². The summed E-state index contributed by atoms with van der Waals surface area (Å²) in [5.74, 6) is -0.392. The Balaban J connectivity index is 1.80. The highest BCUT2D eigenvalue weighted by atomic mass is 16.3. The molecule has 0 aromatic heterocycles. The van der Waals surface area contributed by atoms with Crippen molar-refractivity contribution < 1.29 is 15.0 Å². The van der Waals surface area contributed by atoms with Crippen molar-refractivity contribution in [3.05, 3.63) is 95.6 Å². The van der Waals surface area contributed by atoms with Crippen molar-refractivity contribution in [1.82, 2.24) is 4.90 Å². The van der Waals surface area contributed by atoms with E-state index in [1.165, 1.54) is 17.0 Å². The van der Waals surface area contributed by atoms with E-state index in [4.69, 9.17) is 5.73 Å². The first kappa shape index (κ1) is 17.6. The molecule has 1 aliphatic heterocycles. The molecule has 1 heterocycles. The van der Waals surface area contributed by atoms with Crippen molar-refractivity contribution >= 4 is 11.9 Å². The van der Waals surface area contributed by atoms with E-state index >= 15 is 0 Å². The maximum atomic E-state index is 13.6. The molecule has 0 bridgehead atoms. The number of nitrogens with zero attached hydrogens (tertiary/aromatic N) is 2. The van der Waals surface area contributed by atoms with Gasteiger partial charge in [-0.2, -0.15) is 0 Å². The van der Waals surface area contributed by atoms with Crippen LogP contribution in [-0.2, 0) is 16.9 Å². The summed E-state index contributed by atoms with van der Waals surface area (Å²) in [7, 11) is 0. The number of hydrogen-bond acceptors (Lipinski definition) is 5. The molecule has 4 rings (SSSR count). The zero-order chi connectivity index (χ0) is 19.7. The average Bonchev–Trinajstić information content (AvgIpc) is 2.97. The summed E-state index contributed by atoms with van der Waals surface area (Å²) in [6.45, 7) is 0.0434. The second-order valence-corrected chi connectivity index (χ2v) is 6.62. The van der Waals surface area contributed by atoms with E-state index < -0.39 is 5.54 Å². The Kier molecular flexibility index (Phi) is 4.24. The van der Waals surface area contributed by atoms with E-state index in [0.29, 0.717) is 16.7 Å². The van der Waals surface area contributed by atoms with Gasteiger partial charge in [0.15, 0.2) is 11.5 Å². The van der Waals surface area contributed by atoms with E-state index in [1.807, 2.05) is 60.7 Å². The quantitative estimate of drug-likeness (QED) is 0.655. The van der Waals surface area contributed by atoms with Gasteiger partial charge in [0.2, 0.25) is 0 Å². The molecule has 0 aliphatic carbocycles. The fourth-order valence-corrected chi connectivity index (χ4v) is 3.49. The van der Waals surface area contributed by atoms with Gasteiger partial charge in [0.1, 0.15) is 11.5 Å². The molecule has 4 N–H and O–H groups in total. The van der Waals surface area contributed by atoms with Crippen LogP contribution < -0.4 is 5.73 Å². The number of aliphatic imine (C=N–C) groups is 1. The number of rotatable bonds is 4. The predicted molar refractivity (Wildman–Crippen MR) is 106 cm³/mol. The molecule has 28 heavy (non-hydrogen) atoms. The molecule has 0 fully saturated rings. The Hall–Kier alpha value is -3.80. The van der Waals surface area contributed by atoms with Crippen LogP contribution in [0, 0.1) is 0 Å². The van der Waals surface area contributed by atoms with Gasteiger partial charge in [-0.25, -0.2) is 4.99 Å². The lowest BCUT2D eigenvalue weighted by Gasteiger charge is -2.27. The van der Waals surface area contributed by atoms with Crippen LogP contribution in [0.1, 0.15) is 16.7 Å². The summed E-state index contributed by atoms with van der Waals surface area (Å²) in [6, 6.07) is 22.8. The van der Waals surface area contributed by atoms with E-state index in [2.05, 4.69) is 4.99 Å². The van der Waals surface area contributed by atoms with Crippen molar-refractivity contribution in [2.75, 3.05) is 0 Å². The third-order valence-electron chi connectivity index (χ3n) is 4.89. The molecule has 1 amide bonds. The van der Waals surface area contributed by atoms with Gasteiger partial charge in [-0.15, -0.1) is 0 Å². The van der Waals surface area contributed by atoms with Gasteiger partial charge in [0, 0.05) is 11.6 Å². The summed E-state index contributed by atoms with van der Waals surface area (Å²) in [4.78, 5) is 19.6. The Morgan fingerprint density at radius 2 is 1.46 bits per heavy atom. The SMILES string of the molecule is NC1=NC(c2ccccc2)(c2ccccc2)C(=O)N1Cc1ccc(O)cc1O. The monoisotopic (exact) mass is 373 g/mol. The Morgan fingerprint density at radius 3 is 2.00 bits per heavy atom. The highest BCUT2D eigenvalue weighted by molar-refractivity contribution is 6.09. The van der Waals surface area contributed by atoms with Gasteiger partial charge in [0.05, 0.1) is 6.54 Å². The second-order valence-electron chi connectivity index (χ2n) is 6.62. The van der Waals surface area contributed by atoms with Crippen LogP contribution in [0.2, 0.25) is 0 Å². The third-order valence-corrected chi connectivity index (χ3v) is 4.89. The molecule has 1 aliphatic rings. The molecule has 0 spiro atoms. The summed E-state index contributed by atoms with van der Waals surface area (Å²) < 4.78 is 0. The fraction of sp³-hybridized carbons (Fsp3) is 0.0909. The number of carbonyl (C=O) groups is 1. The number of guanidine groups is 1. The van der Waals surface area contributed by atoms with Crippen LogP contribution in [0.3, 0.4) is 0 Å². The fourth-order valence-electron chi connectivity index (χ4n) is 3.49. The van der Waals surface area contributed by atoms with Gasteiger partial charge < -0.3 is 15.9 Å². The molecule has 3 aromatic rings. The second kappa shape index (κ2) is 6.74. The number of phenolic OH excluding ortho intramolecular Hbond substituents is 2. The summed E-state index contributed by atoms with van der Waals surface area (Å²) in [5, 5.41) is 19.6. The van der Waals surface area contributed by atoms with Crippen molar-refractivity contribution in [2.45, 2.75) is 12.1 Å². The number of carbonyl (C=O) groups excluding carboxylic acids is 1. The minimum atomic E-state index is -1.28. The number of amides is 1. The lowest BCUT2D eigenvalue weighted by atomic mass is 9.83. The van der Waals surface area contributed by atoms with Gasteiger partial charge >= 0.3 is 0 Å². The smallest absolute Gasteiger partial charge is 0.266 e. The largest absolute Gasteiger partial charge is 0.508 e. The first-order valence-corrected chi connectivity index (χ1v) is 8.81. The standard InChI is InChI=1S/C22H19N3O3/c23-21-24-22(16-7-3-1-4-8-16,17-9-5-2-6-10-17)20(28)25(21)14-15-11-12-18(26)13-19(15)27/h1-13,26-27H,14H2,(H2,23,24). The number of aromatic hydroxyl groups is 2. The van der Waals surface area contributed by atoms with E-state index in [0.717, 1.165) is 0 Å². The van der Waals surface area contributed by atoms with Crippen LogP contribution in [0.4, 0.5) is 0 Å². The van der Waals surface area contributed by atoms with E-state index in [9.17, 15) is 15.0 Å². The zero-order valence-corrected chi connectivity index (χ0v) is 15.0. The van der Waals surface area contributed by atoms with E-state index in [-0.39, 0.29) is 29.9 Å². The molecule has 3 aromatic carbocycles. The van der Waals surface area contributed by atoms with Gasteiger partial charge in [0.25, 0.3) is 5.91 Å². The minimum absolute atomic E-state index is 0.0434. The predicted octanol–water partition coefficient (Wildman–Crippen LogP) is 2.70. The Labute approximate surface area is 162 Å². The zero-order valence-electron chi connectivity index (χ0n) is 15.0. The topological polar surface area (TPSA) is 99.2 Å². The molecular formula is C22H19N3O3. The normalized spacial score (nSPS) is 15.5. The van der Waals surface area contributed by atoms with Crippen molar-refractivity contribution in [3.63, 3.8) is 0 Å². The minimum Gasteiger partial charge on any atom is -0.508 e. The molecule has 0 saturated carbocycles. The Morgan fingerprint density at radius 1 is 0.893 bits per heavy atom. The molecule has 6 heteroatoms.